The Balaban J connectivity index is 0.000000159. The number of hydrogen-bond acceptors (Lipinski definition) is 11. The van der Waals surface area contributed by atoms with Crippen molar-refractivity contribution in [3.8, 4) is 30.3 Å². The number of halogens is 4. The molecule has 12 rings (SSSR count). The van der Waals surface area contributed by atoms with Crippen molar-refractivity contribution in [3.63, 3.8) is 0 Å². The second kappa shape index (κ2) is 32.9. The van der Waals surface area contributed by atoms with Crippen LogP contribution in [0.15, 0.2) is 200 Å². The molecule has 0 aliphatic carbocycles. The van der Waals surface area contributed by atoms with Gasteiger partial charge in [0, 0.05) is 92.1 Å². The number of benzene rings is 9. The monoisotopic (exact) mass is 1360 g/mol. The van der Waals surface area contributed by atoms with Gasteiger partial charge in [-0.2, -0.15) is 26.3 Å². The molecule has 9 aromatic rings. The van der Waals surface area contributed by atoms with Crippen molar-refractivity contribution in [1.29, 1.82) is 26.3 Å². The van der Waals surface area contributed by atoms with Crippen molar-refractivity contribution in [2.75, 3.05) is 73.6 Å². The fourth-order valence-electron chi connectivity index (χ4n) is 13.1. The molecule has 14 nitrogen and oxygen atoms in total. The Kier molecular flexibility index (Phi) is 23.5. The van der Waals surface area contributed by atoms with Crippen molar-refractivity contribution >= 4 is 80.5 Å². The summed E-state index contributed by atoms with van der Waals surface area (Å²) in [6.07, 6.45) is 0. The van der Waals surface area contributed by atoms with Crippen molar-refractivity contribution < 1.29 is 0 Å². The highest BCUT2D eigenvalue weighted by molar-refractivity contribution is 6.33. The molecular formula is C80H66Cl4N14. The minimum atomic E-state index is 0.0148. The summed E-state index contributed by atoms with van der Waals surface area (Å²) in [6.45, 7) is 35.2. The summed E-state index contributed by atoms with van der Waals surface area (Å²) in [5, 5.41) is 49.9. The topological polar surface area (TPSA) is 151 Å². The van der Waals surface area contributed by atoms with E-state index >= 15 is 0 Å². The molecule has 18 heteroatoms. The summed E-state index contributed by atoms with van der Waals surface area (Å²) < 4.78 is 0. The van der Waals surface area contributed by atoms with Crippen molar-refractivity contribution in [2.45, 2.75) is 57.0 Å². The third kappa shape index (κ3) is 16.6. The Hall–Kier alpha value is -10.7. The first-order valence-corrected chi connectivity index (χ1v) is 33.4. The van der Waals surface area contributed by atoms with Crippen LogP contribution in [-0.2, 0) is 0 Å². The molecule has 3 fully saturated rings. The zero-order valence-electron chi connectivity index (χ0n) is 54.2. The van der Waals surface area contributed by atoms with Crippen LogP contribution in [-0.4, -0.2) is 73.6 Å². The summed E-state index contributed by atoms with van der Waals surface area (Å²) >= 11 is 25.0. The third-order valence-corrected chi connectivity index (χ3v) is 19.7. The Morgan fingerprint density at radius 2 is 0.622 bits per heavy atom. The Bertz CT molecular complexity index is 4440. The molecule has 0 bridgehead atoms. The second-order valence-corrected chi connectivity index (χ2v) is 25.8. The lowest BCUT2D eigenvalue weighted by molar-refractivity contribution is 0.171. The molecule has 0 spiro atoms. The van der Waals surface area contributed by atoms with Crippen LogP contribution >= 0.6 is 46.4 Å². The number of nitrogens with zero attached hydrogens (tertiary/aromatic N) is 14. The summed E-state index contributed by atoms with van der Waals surface area (Å²) in [5.74, 6) is 0. The van der Waals surface area contributed by atoms with Gasteiger partial charge in [-0.3, -0.25) is 14.7 Å². The first-order chi connectivity index (χ1) is 47.6. The van der Waals surface area contributed by atoms with Gasteiger partial charge in [0.15, 0.2) is 17.1 Å². The van der Waals surface area contributed by atoms with Gasteiger partial charge >= 0.3 is 0 Å². The van der Waals surface area contributed by atoms with E-state index in [1.807, 2.05) is 158 Å². The van der Waals surface area contributed by atoms with E-state index in [4.69, 9.17) is 66.1 Å². The van der Waals surface area contributed by atoms with Crippen LogP contribution in [0.1, 0.15) is 118 Å². The molecule has 3 aliphatic heterocycles. The molecule has 0 saturated carbocycles. The van der Waals surface area contributed by atoms with E-state index in [9.17, 15) is 26.3 Å². The molecule has 6 atom stereocenters. The first-order valence-electron chi connectivity index (χ1n) is 31.9. The lowest BCUT2D eigenvalue weighted by atomic mass is 9.97. The van der Waals surface area contributed by atoms with Crippen LogP contribution in [0.5, 0.6) is 0 Å². The number of hydrogen-bond donors (Lipinski definition) is 0. The molecule has 98 heavy (non-hydrogen) atoms. The van der Waals surface area contributed by atoms with E-state index in [0.29, 0.717) is 65.0 Å². The normalized spacial score (nSPS) is 17.1. The molecule has 3 aliphatic rings. The van der Waals surface area contributed by atoms with Gasteiger partial charge in [0.05, 0.1) is 106 Å². The van der Waals surface area contributed by atoms with E-state index in [0.717, 1.165) is 92.7 Å². The molecule has 1 unspecified atom stereocenters. The van der Waals surface area contributed by atoms with Gasteiger partial charge < -0.3 is 14.7 Å². The Morgan fingerprint density at radius 1 is 0.347 bits per heavy atom. The summed E-state index contributed by atoms with van der Waals surface area (Å²) in [7, 11) is 0. The number of piperazine rings is 3. The highest BCUT2D eigenvalue weighted by atomic mass is 35.5. The average molecular weight is 1370 g/mol. The first kappa shape index (κ1) is 70.1. The summed E-state index contributed by atoms with van der Waals surface area (Å²) in [4.78, 5) is 24.6. The number of anilines is 3. The van der Waals surface area contributed by atoms with Gasteiger partial charge in [-0.1, -0.05) is 156 Å². The van der Waals surface area contributed by atoms with Gasteiger partial charge in [0.25, 0.3) is 0 Å². The van der Waals surface area contributed by atoms with Crippen LogP contribution in [0.4, 0.5) is 34.1 Å². The van der Waals surface area contributed by atoms with Crippen LogP contribution in [0.2, 0.25) is 20.1 Å². The lowest BCUT2D eigenvalue weighted by Gasteiger charge is -2.45. The standard InChI is InChI=1S/2C27H22ClN5.C26H22Cl2N4/c2*1-19(21-6-10-25(31-2)11-7-21)32-13-14-33(26-12-3-20(16-29)15-23(26)17-30)27(18-32)22-4-8-24(28)9-5-22;1-18(20-6-10-23(30-2)11-7-20)31-13-14-32(25-12-3-19(16-29)15-24(25)28)26(17-31)21-4-8-22(27)9-5-21/h2*3-12,15,19,27H,13-14,18H2,1H3;3-12,15,18,26H,13-14,17H2,1H3/t19?,27-;19-,27+;18-,26-/m010/s1. The van der Waals surface area contributed by atoms with Crippen molar-refractivity contribution in [1.82, 2.24) is 14.7 Å². The van der Waals surface area contributed by atoms with E-state index in [-0.39, 0.29) is 36.3 Å². The smallest absolute Gasteiger partial charge is 0.187 e. The lowest BCUT2D eigenvalue weighted by Crippen LogP contribution is -2.49. The molecular weight excluding hydrogens is 1300 g/mol. The maximum absolute atomic E-state index is 9.76. The van der Waals surface area contributed by atoms with Crippen LogP contribution < -0.4 is 14.7 Å². The summed E-state index contributed by atoms with van der Waals surface area (Å²) in [5.41, 5.74) is 14.0. The van der Waals surface area contributed by atoms with Gasteiger partial charge in [-0.05, 0) is 145 Å². The zero-order valence-corrected chi connectivity index (χ0v) is 57.2. The van der Waals surface area contributed by atoms with E-state index < -0.39 is 0 Å². The van der Waals surface area contributed by atoms with Gasteiger partial charge in [0.1, 0.15) is 12.1 Å². The highest BCUT2D eigenvalue weighted by Crippen LogP contribution is 2.41. The fourth-order valence-corrected chi connectivity index (χ4v) is 13.7. The molecule has 0 N–H and O–H groups in total. The quantitative estimate of drug-likeness (QED) is 0.107. The minimum Gasteiger partial charge on any atom is -0.361 e. The largest absolute Gasteiger partial charge is 0.361 e. The number of nitriles is 5. The maximum Gasteiger partial charge on any atom is 0.187 e. The molecule has 9 aromatic carbocycles. The second-order valence-electron chi connectivity index (χ2n) is 24.1. The van der Waals surface area contributed by atoms with E-state index in [2.05, 4.69) is 107 Å². The van der Waals surface area contributed by atoms with E-state index in [1.165, 1.54) is 16.7 Å². The molecule has 3 saturated heterocycles. The third-order valence-electron chi connectivity index (χ3n) is 18.7. The van der Waals surface area contributed by atoms with Gasteiger partial charge in [0.2, 0.25) is 0 Å². The van der Waals surface area contributed by atoms with Crippen LogP contribution in [0, 0.1) is 76.4 Å². The Morgan fingerprint density at radius 3 is 0.888 bits per heavy atom. The molecule has 484 valence electrons. The van der Waals surface area contributed by atoms with Crippen molar-refractivity contribution in [2.24, 2.45) is 0 Å². The average Bonchev–Trinajstić information content (AvgIpc) is 0.798. The maximum atomic E-state index is 9.76. The predicted octanol–water partition coefficient (Wildman–Crippen LogP) is 19.6. The SMILES string of the molecule is [C-]#[N+]c1ccc(C(C)N2CCN(c3ccc(C#N)cc3C#N)[C@H](c3ccc(Cl)cc3)C2)cc1.[C-]#[N+]c1ccc([C@@H](C)N2CCN(c3ccc(C#N)cc3C#N)[C@H](c3ccc(Cl)cc3)C2)cc1.[C-]#[N+]c1ccc([C@H](C)N2CCN(c3ccc(C#N)cc3Cl)[C@H](c3ccc(Cl)cc3)C2)cc1. The number of rotatable bonds is 12. The van der Waals surface area contributed by atoms with Crippen molar-refractivity contribution in [3.05, 3.63) is 316 Å². The molecule has 3 heterocycles. The summed E-state index contributed by atoms with van der Waals surface area (Å²) in [6, 6.07) is 74.7. The van der Waals surface area contributed by atoms with Gasteiger partial charge in [-0.15, -0.1) is 0 Å². The molecule has 0 aromatic heterocycles. The van der Waals surface area contributed by atoms with Gasteiger partial charge in [-0.25, -0.2) is 14.5 Å². The Labute approximate surface area is 594 Å². The molecule has 0 radical (unpaired) electrons. The highest BCUT2D eigenvalue weighted by Gasteiger charge is 2.36. The fraction of sp³-hybridized carbons (Fsp3) is 0.225. The van der Waals surface area contributed by atoms with Crippen LogP contribution in [0.25, 0.3) is 14.5 Å². The molecule has 0 amide bonds. The minimum absolute atomic E-state index is 0.0148. The van der Waals surface area contributed by atoms with E-state index in [1.54, 1.807) is 30.3 Å². The zero-order chi connectivity index (χ0) is 69.4. The van der Waals surface area contributed by atoms with Crippen LogP contribution in [0.3, 0.4) is 0 Å². The predicted molar refractivity (Wildman–Crippen MR) is 391 cm³/mol.